The van der Waals surface area contributed by atoms with Crippen LogP contribution < -0.4 is 14.4 Å². The molecule has 0 aliphatic rings. The van der Waals surface area contributed by atoms with Crippen LogP contribution >= 0.6 is 0 Å². The molecule has 1 N–H and O–H groups in total. The number of anilines is 1. The second kappa shape index (κ2) is 11.8. The second-order valence-electron chi connectivity index (χ2n) is 8.11. The van der Waals surface area contributed by atoms with Crippen molar-refractivity contribution in [2.45, 2.75) is 45.8 Å². The van der Waals surface area contributed by atoms with Gasteiger partial charge in [0, 0.05) is 12.6 Å². The van der Waals surface area contributed by atoms with Crippen molar-refractivity contribution in [1.29, 1.82) is 0 Å². The topological polar surface area (TPSA) is 96.0 Å². The maximum Gasteiger partial charge on any atom is 0.244 e. The van der Waals surface area contributed by atoms with Crippen molar-refractivity contribution in [2.24, 2.45) is 0 Å². The number of halogens is 1. The Labute approximate surface area is 200 Å². The molecule has 0 spiro atoms. The molecule has 2 atom stereocenters. The quantitative estimate of drug-likeness (QED) is 0.519. The van der Waals surface area contributed by atoms with Gasteiger partial charge in [-0.3, -0.25) is 13.9 Å². The van der Waals surface area contributed by atoms with E-state index in [0.29, 0.717) is 17.7 Å². The van der Waals surface area contributed by atoms with Gasteiger partial charge < -0.3 is 15.0 Å². The first-order valence-corrected chi connectivity index (χ1v) is 12.8. The third kappa shape index (κ3) is 7.44. The van der Waals surface area contributed by atoms with E-state index >= 15 is 0 Å². The third-order valence-electron chi connectivity index (χ3n) is 5.45. The molecule has 2 aromatic rings. The molecule has 8 nitrogen and oxygen atoms in total. The molecule has 2 rings (SSSR count). The van der Waals surface area contributed by atoms with Gasteiger partial charge in [-0.2, -0.15) is 0 Å². The van der Waals surface area contributed by atoms with E-state index in [1.54, 1.807) is 31.2 Å². The maximum absolute atomic E-state index is 13.4. The standard InChI is InChI=1S/C24H32FN3O5S/c1-6-17(2)26-24(30)18(3)27(15-19-8-7-9-22(14-19)33-4)23(29)16-28(34(5,31)32)21-12-10-20(25)11-13-21/h7-14,17-18H,6,15-16H2,1-5H3,(H,26,30)/t17-,18+/m0/s1. The smallest absolute Gasteiger partial charge is 0.244 e. The number of ether oxygens (including phenoxy) is 1. The Morgan fingerprint density at radius 2 is 1.76 bits per heavy atom. The first-order chi connectivity index (χ1) is 16.0. The number of carbonyl (C=O) groups is 2. The summed E-state index contributed by atoms with van der Waals surface area (Å²) in [6.45, 7) is 4.90. The number of benzene rings is 2. The zero-order valence-corrected chi connectivity index (χ0v) is 20.9. The molecule has 186 valence electrons. The molecule has 0 bridgehead atoms. The predicted octanol–water partition coefficient (Wildman–Crippen LogP) is 2.93. The van der Waals surface area contributed by atoms with Crippen molar-refractivity contribution >= 4 is 27.5 Å². The summed E-state index contributed by atoms with van der Waals surface area (Å²) in [5.41, 5.74) is 0.860. The van der Waals surface area contributed by atoms with Gasteiger partial charge in [0.25, 0.3) is 0 Å². The number of hydrogen-bond acceptors (Lipinski definition) is 5. The Bertz CT molecular complexity index is 1090. The summed E-state index contributed by atoms with van der Waals surface area (Å²) in [5.74, 6) is -0.869. The Kier molecular flexibility index (Phi) is 9.43. The van der Waals surface area contributed by atoms with Gasteiger partial charge >= 0.3 is 0 Å². The van der Waals surface area contributed by atoms with Crippen LogP contribution in [0.15, 0.2) is 48.5 Å². The van der Waals surface area contributed by atoms with Crippen molar-refractivity contribution < 1.29 is 27.1 Å². The molecule has 0 saturated heterocycles. The van der Waals surface area contributed by atoms with Gasteiger partial charge in [0.2, 0.25) is 21.8 Å². The summed E-state index contributed by atoms with van der Waals surface area (Å²) < 4.78 is 44.5. The Balaban J connectivity index is 2.39. The van der Waals surface area contributed by atoms with Gasteiger partial charge in [-0.25, -0.2) is 12.8 Å². The van der Waals surface area contributed by atoms with E-state index in [-0.39, 0.29) is 24.2 Å². The summed E-state index contributed by atoms with van der Waals surface area (Å²) in [6, 6.07) is 10.9. The molecular formula is C24H32FN3O5S. The zero-order valence-electron chi connectivity index (χ0n) is 20.1. The van der Waals surface area contributed by atoms with Crippen molar-refractivity contribution in [1.82, 2.24) is 10.2 Å². The lowest BCUT2D eigenvalue weighted by atomic mass is 10.1. The van der Waals surface area contributed by atoms with Gasteiger partial charge in [-0.15, -0.1) is 0 Å². The van der Waals surface area contributed by atoms with Crippen LogP contribution in [0.1, 0.15) is 32.8 Å². The van der Waals surface area contributed by atoms with Crippen LogP contribution in [0.4, 0.5) is 10.1 Å². The average Bonchev–Trinajstić information content (AvgIpc) is 2.80. The first kappa shape index (κ1) is 27.1. The highest BCUT2D eigenvalue weighted by atomic mass is 32.2. The average molecular weight is 494 g/mol. The molecule has 10 heteroatoms. The molecule has 34 heavy (non-hydrogen) atoms. The molecule has 0 fully saturated rings. The van der Waals surface area contributed by atoms with Crippen molar-refractivity contribution in [2.75, 3.05) is 24.2 Å². The third-order valence-corrected chi connectivity index (χ3v) is 6.59. The Morgan fingerprint density at radius 1 is 1.12 bits per heavy atom. The summed E-state index contributed by atoms with van der Waals surface area (Å²) in [7, 11) is -2.34. The van der Waals surface area contributed by atoms with Gasteiger partial charge in [0.05, 0.1) is 19.1 Å². The SMILES string of the molecule is CC[C@H](C)NC(=O)[C@@H](C)N(Cc1cccc(OC)c1)C(=O)CN(c1ccc(F)cc1)S(C)(=O)=O. The minimum atomic E-state index is -3.87. The van der Waals surface area contributed by atoms with Gasteiger partial charge in [-0.1, -0.05) is 19.1 Å². The lowest BCUT2D eigenvalue weighted by Crippen LogP contribution is -2.52. The first-order valence-electron chi connectivity index (χ1n) is 10.9. The van der Waals surface area contributed by atoms with E-state index in [2.05, 4.69) is 5.32 Å². The monoisotopic (exact) mass is 493 g/mol. The van der Waals surface area contributed by atoms with Crippen LogP contribution in [0, 0.1) is 5.82 Å². The zero-order chi connectivity index (χ0) is 25.5. The highest BCUT2D eigenvalue weighted by Crippen LogP contribution is 2.20. The van der Waals surface area contributed by atoms with E-state index < -0.39 is 34.3 Å². The van der Waals surface area contributed by atoms with Crippen LogP contribution in [0.3, 0.4) is 0 Å². The summed E-state index contributed by atoms with van der Waals surface area (Å²) in [4.78, 5) is 27.6. The van der Waals surface area contributed by atoms with Crippen LogP contribution in [0.25, 0.3) is 0 Å². The van der Waals surface area contributed by atoms with Gasteiger partial charge in [-0.05, 0) is 62.2 Å². The van der Waals surface area contributed by atoms with Crippen LogP contribution in [0.2, 0.25) is 0 Å². The molecule has 0 heterocycles. The number of carbonyl (C=O) groups excluding carboxylic acids is 2. The molecular weight excluding hydrogens is 461 g/mol. The van der Waals surface area contributed by atoms with Crippen LogP contribution in [-0.2, 0) is 26.2 Å². The van der Waals surface area contributed by atoms with Crippen molar-refractivity contribution in [3.05, 3.63) is 59.9 Å². The van der Waals surface area contributed by atoms with E-state index in [1.807, 2.05) is 13.8 Å². The lowest BCUT2D eigenvalue weighted by Gasteiger charge is -2.32. The number of rotatable bonds is 11. The molecule has 0 aliphatic heterocycles. The highest BCUT2D eigenvalue weighted by Gasteiger charge is 2.30. The number of sulfonamides is 1. The molecule has 0 radical (unpaired) electrons. The molecule has 0 saturated carbocycles. The minimum Gasteiger partial charge on any atom is -0.497 e. The van der Waals surface area contributed by atoms with E-state index in [0.717, 1.165) is 22.7 Å². The van der Waals surface area contributed by atoms with Crippen LogP contribution in [-0.4, -0.2) is 57.1 Å². The molecule has 2 amide bonds. The minimum absolute atomic E-state index is 0.0617. The fourth-order valence-corrected chi connectivity index (χ4v) is 4.09. The van der Waals surface area contributed by atoms with E-state index in [4.69, 9.17) is 4.74 Å². The molecule has 0 aliphatic carbocycles. The fourth-order valence-electron chi connectivity index (χ4n) is 3.24. The molecule has 0 aromatic heterocycles. The normalized spacial score (nSPS) is 13.0. The summed E-state index contributed by atoms with van der Waals surface area (Å²) in [6.07, 6.45) is 1.68. The predicted molar refractivity (Wildman–Crippen MR) is 129 cm³/mol. The summed E-state index contributed by atoms with van der Waals surface area (Å²) >= 11 is 0. The van der Waals surface area contributed by atoms with Crippen molar-refractivity contribution in [3.8, 4) is 5.75 Å². The summed E-state index contributed by atoms with van der Waals surface area (Å²) in [5, 5.41) is 2.86. The Hall–Kier alpha value is -3.14. The van der Waals surface area contributed by atoms with Crippen molar-refractivity contribution in [3.63, 3.8) is 0 Å². The Morgan fingerprint density at radius 3 is 2.32 bits per heavy atom. The molecule has 2 aromatic carbocycles. The number of nitrogens with zero attached hydrogens (tertiary/aromatic N) is 2. The lowest BCUT2D eigenvalue weighted by molar-refractivity contribution is -0.139. The van der Waals surface area contributed by atoms with E-state index in [9.17, 15) is 22.4 Å². The number of methoxy groups -OCH3 is 1. The number of amides is 2. The second-order valence-corrected chi connectivity index (χ2v) is 10.0. The molecule has 0 unspecified atom stereocenters. The fraction of sp³-hybridized carbons (Fsp3) is 0.417. The number of nitrogens with one attached hydrogen (secondary N) is 1. The van der Waals surface area contributed by atoms with E-state index in [1.165, 1.54) is 24.1 Å². The number of hydrogen-bond donors (Lipinski definition) is 1. The van der Waals surface area contributed by atoms with Crippen LogP contribution in [0.5, 0.6) is 5.75 Å². The highest BCUT2D eigenvalue weighted by molar-refractivity contribution is 7.92. The maximum atomic E-state index is 13.4. The van der Waals surface area contributed by atoms with Gasteiger partial charge in [0.1, 0.15) is 24.2 Å². The van der Waals surface area contributed by atoms with Gasteiger partial charge in [0.15, 0.2) is 0 Å². The largest absolute Gasteiger partial charge is 0.497 e.